The number of H-pyrrole nitrogens is 1. The zero-order chi connectivity index (χ0) is 20.2. The lowest BCUT2D eigenvalue weighted by atomic mass is 10.0. The van der Waals surface area contributed by atoms with Crippen LogP contribution in [-0.4, -0.2) is 33.3 Å². The van der Waals surface area contributed by atoms with E-state index in [0.717, 1.165) is 24.0 Å². The lowest BCUT2D eigenvalue weighted by Gasteiger charge is -2.07. The first kappa shape index (κ1) is 19.1. The predicted molar refractivity (Wildman–Crippen MR) is 111 cm³/mol. The molecule has 0 radical (unpaired) electrons. The highest BCUT2D eigenvalue weighted by Crippen LogP contribution is 2.29. The molecule has 0 bridgehead atoms. The Morgan fingerprint density at radius 2 is 2.03 bits per heavy atom. The Bertz CT molecular complexity index is 1090. The number of fused-ring (bicyclic) bond motifs is 1. The summed E-state index contributed by atoms with van der Waals surface area (Å²) in [7, 11) is 0. The number of allylic oxidation sites excluding steroid dienone is 2. The normalized spacial score (nSPS) is 13.6. The van der Waals surface area contributed by atoms with Gasteiger partial charge in [0.25, 0.3) is 0 Å². The maximum Gasteiger partial charge on any atom is 0.340 e. The highest BCUT2D eigenvalue weighted by atomic mass is 16.5. The van der Waals surface area contributed by atoms with E-state index < -0.39 is 5.97 Å². The summed E-state index contributed by atoms with van der Waals surface area (Å²) < 4.78 is 5.16. The van der Waals surface area contributed by atoms with Crippen molar-refractivity contribution in [3.63, 3.8) is 0 Å². The van der Waals surface area contributed by atoms with E-state index >= 15 is 0 Å². The predicted octanol–water partition coefficient (Wildman–Crippen LogP) is 4.41. The van der Waals surface area contributed by atoms with Gasteiger partial charge in [0.2, 0.25) is 0 Å². The third kappa shape index (κ3) is 4.11. The monoisotopic (exact) mass is 389 g/mol. The summed E-state index contributed by atoms with van der Waals surface area (Å²) in [5.41, 5.74) is 4.64. The molecule has 0 amide bonds. The molecule has 1 saturated carbocycles. The summed E-state index contributed by atoms with van der Waals surface area (Å²) in [5, 5.41) is 0.627. The number of nitrogens with zero attached hydrogens (tertiary/aromatic N) is 2. The van der Waals surface area contributed by atoms with Gasteiger partial charge in [-0.3, -0.25) is 4.79 Å². The van der Waals surface area contributed by atoms with Crippen LogP contribution in [-0.2, 0) is 16.0 Å². The van der Waals surface area contributed by atoms with Gasteiger partial charge >= 0.3 is 5.97 Å². The lowest BCUT2D eigenvalue weighted by molar-refractivity contribution is -0.114. The van der Waals surface area contributed by atoms with Crippen LogP contribution >= 0.6 is 0 Å². The molecule has 6 nitrogen and oxygen atoms in total. The van der Waals surface area contributed by atoms with Crippen molar-refractivity contribution in [2.75, 3.05) is 6.61 Å². The van der Waals surface area contributed by atoms with Gasteiger partial charge in [-0.05, 0) is 50.3 Å². The molecule has 0 spiro atoms. The van der Waals surface area contributed by atoms with Gasteiger partial charge in [-0.2, -0.15) is 0 Å². The van der Waals surface area contributed by atoms with Crippen molar-refractivity contribution in [3.05, 3.63) is 59.6 Å². The van der Waals surface area contributed by atoms with Gasteiger partial charge in [0.15, 0.2) is 5.78 Å². The van der Waals surface area contributed by atoms with Crippen LogP contribution in [0.25, 0.3) is 22.3 Å². The van der Waals surface area contributed by atoms with Crippen LogP contribution in [0.2, 0.25) is 0 Å². The zero-order valence-electron chi connectivity index (χ0n) is 16.4. The summed E-state index contributed by atoms with van der Waals surface area (Å²) in [6.07, 6.45) is 9.66. The molecular weight excluding hydrogens is 366 g/mol. The van der Waals surface area contributed by atoms with Gasteiger partial charge in [-0.1, -0.05) is 23.8 Å². The third-order valence-corrected chi connectivity index (χ3v) is 5.15. The Kier molecular flexibility index (Phi) is 5.51. The van der Waals surface area contributed by atoms with E-state index in [1.165, 1.54) is 24.7 Å². The molecule has 2 heterocycles. The topological polar surface area (TPSA) is 84.9 Å². The minimum atomic E-state index is -0.413. The molecule has 3 aromatic rings. The third-order valence-electron chi connectivity index (χ3n) is 5.15. The first-order valence-electron chi connectivity index (χ1n) is 9.96. The van der Waals surface area contributed by atoms with Crippen molar-refractivity contribution in [2.45, 2.75) is 39.0 Å². The Morgan fingerprint density at radius 1 is 1.21 bits per heavy atom. The number of rotatable bonds is 6. The number of ether oxygens (including phenoxy) is 1. The molecule has 0 saturated heterocycles. The van der Waals surface area contributed by atoms with E-state index in [-0.39, 0.29) is 5.78 Å². The highest BCUT2D eigenvalue weighted by Gasteiger charge is 2.19. The molecular formula is C23H23N3O3. The van der Waals surface area contributed by atoms with Crippen molar-refractivity contribution in [2.24, 2.45) is 0 Å². The number of carbonyl (C=O) groups is 2. The molecule has 0 unspecified atom stereocenters. The molecule has 1 N–H and O–H groups in total. The van der Waals surface area contributed by atoms with E-state index in [4.69, 9.17) is 4.74 Å². The molecule has 1 aliphatic rings. The molecule has 29 heavy (non-hydrogen) atoms. The van der Waals surface area contributed by atoms with Crippen molar-refractivity contribution in [3.8, 4) is 11.3 Å². The molecule has 6 heteroatoms. The number of ketones is 1. The van der Waals surface area contributed by atoms with Crippen molar-refractivity contribution >= 4 is 22.8 Å². The van der Waals surface area contributed by atoms with Gasteiger partial charge in [-0.25, -0.2) is 14.8 Å². The van der Waals surface area contributed by atoms with E-state index in [1.54, 1.807) is 13.1 Å². The summed E-state index contributed by atoms with van der Waals surface area (Å²) in [6.45, 7) is 2.06. The highest BCUT2D eigenvalue weighted by molar-refractivity contribution is 6.08. The molecule has 1 fully saturated rings. The van der Waals surface area contributed by atoms with Gasteiger partial charge < -0.3 is 9.72 Å². The molecule has 0 atom stereocenters. The fourth-order valence-corrected chi connectivity index (χ4v) is 3.83. The van der Waals surface area contributed by atoms with Crippen LogP contribution in [0.1, 0.15) is 48.5 Å². The van der Waals surface area contributed by atoms with Crippen molar-refractivity contribution in [1.29, 1.82) is 0 Å². The minimum absolute atomic E-state index is 0.126. The summed E-state index contributed by atoms with van der Waals surface area (Å²) in [4.78, 5) is 36.4. The Hall–Kier alpha value is -3.28. The van der Waals surface area contributed by atoms with Gasteiger partial charge in [0, 0.05) is 18.2 Å². The number of hydrogen-bond donors (Lipinski definition) is 1. The van der Waals surface area contributed by atoms with Crippen LogP contribution in [0, 0.1) is 0 Å². The number of esters is 1. The van der Waals surface area contributed by atoms with Gasteiger partial charge in [0.05, 0.1) is 23.3 Å². The minimum Gasteiger partial charge on any atom is -0.462 e. The number of hydrogen-bond acceptors (Lipinski definition) is 5. The largest absolute Gasteiger partial charge is 0.462 e. The molecule has 1 aliphatic carbocycles. The van der Waals surface area contributed by atoms with Crippen LogP contribution in [0.4, 0.5) is 0 Å². The maximum atomic E-state index is 12.4. The van der Waals surface area contributed by atoms with Crippen LogP contribution < -0.4 is 0 Å². The summed E-state index contributed by atoms with van der Waals surface area (Å²) in [5.74, 6) is -0.287. The second kappa shape index (κ2) is 8.39. The number of carbonyl (C=O) groups excluding carboxylic acids is 2. The van der Waals surface area contributed by atoms with Gasteiger partial charge in [-0.15, -0.1) is 0 Å². The first-order valence-corrected chi connectivity index (χ1v) is 9.96. The van der Waals surface area contributed by atoms with E-state index in [2.05, 4.69) is 15.0 Å². The molecule has 2 aromatic heterocycles. The quantitative estimate of drug-likeness (QED) is 0.498. The summed E-state index contributed by atoms with van der Waals surface area (Å²) >= 11 is 0. The SMILES string of the molecule is CCOC(=O)c1c[nH]c2ncnc(-c3cccc(CC(=O)C=C4CCCC4)c3)c12. The number of aromatic amines is 1. The molecule has 148 valence electrons. The van der Waals surface area contributed by atoms with Crippen LogP contribution in [0.15, 0.2) is 48.4 Å². The van der Waals surface area contributed by atoms with Crippen LogP contribution in [0.3, 0.4) is 0 Å². The number of aromatic nitrogens is 3. The second-order valence-corrected chi connectivity index (χ2v) is 7.22. The molecule has 0 aliphatic heterocycles. The summed E-state index contributed by atoms with van der Waals surface area (Å²) in [6, 6.07) is 7.73. The average Bonchev–Trinajstić information content (AvgIpc) is 3.37. The van der Waals surface area contributed by atoms with E-state index in [1.807, 2.05) is 30.3 Å². The Balaban J connectivity index is 1.67. The lowest BCUT2D eigenvalue weighted by Crippen LogP contribution is -2.04. The molecule has 4 rings (SSSR count). The van der Waals surface area contributed by atoms with Crippen LogP contribution in [0.5, 0.6) is 0 Å². The van der Waals surface area contributed by atoms with Crippen molar-refractivity contribution in [1.82, 2.24) is 15.0 Å². The first-order chi connectivity index (χ1) is 14.2. The van der Waals surface area contributed by atoms with Gasteiger partial charge in [0.1, 0.15) is 12.0 Å². The maximum absolute atomic E-state index is 12.4. The fraction of sp³-hybridized carbons (Fsp3) is 0.304. The van der Waals surface area contributed by atoms with E-state index in [9.17, 15) is 9.59 Å². The second-order valence-electron chi connectivity index (χ2n) is 7.22. The molecule has 1 aromatic carbocycles. The standard InChI is InChI=1S/C23H23N3O3/c1-2-29-23(28)19-13-24-22-20(19)21(25-14-26-22)17-9-5-8-16(10-17)12-18(27)11-15-6-3-4-7-15/h5,8-11,13-14H,2-4,6-7,12H2,1H3,(H,24,25,26). The average molecular weight is 389 g/mol. The Labute approximate surface area is 169 Å². The van der Waals surface area contributed by atoms with E-state index in [0.29, 0.717) is 35.3 Å². The Morgan fingerprint density at radius 3 is 2.83 bits per heavy atom. The zero-order valence-corrected chi connectivity index (χ0v) is 16.4. The fourth-order valence-electron chi connectivity index (χ4n) is 3.83. The number of nitrogens with one attached hydrogen (secondary N) is 1. The smallest absolute Gasteiger partial charge is 0.340 e. The van der Waals surface area contributed by atoms with Crippen molar-refractivity contribution < 1.29 is 14.3 Å². The number of benzene rings is 1.